The van der Waals surface area contributed by atoms with Crippen molar-refractivity contribution >= 4 is 22.3 Å². The number of carbonyl (C=O) groups is 1. The molecule has 1 aromatic carbocycles. The highest BCUT2D eigenvalue weighted by atomic mass is 16.5. The number of hydrogen-bond donors (Lipinski definition) is 1. The van der Waals surface area contributed by atoms with Crippen molar-refractivity contribution in [3.8, 4) is 17.3 Å². The molecule has 1 saturated carbocycles. The van der Waals surface area contributed by atoms with E-state index in [-0.39, 0.29) is 11.9 Å². The van der Waals surface area contributed by atoms with Crippen LogP contribution in [0.2, 0.25) is 0 Å². The standard InChI is InChI=1S/C26H28N6O2/c1-14-22(21-10-17-6-4-5-7-20(17)31(21)11-16-8-9-16)29-32-13-19(28-25(34-3)24(14)32)26(33)30-12-18-23(27-18)15(30)2/h4-7,10,13,15-16,18,23,27H,8-9,11-12H2,1-3H3/t15?,18?,23-/m0/s1. The van der Waals surface area contributed by atoms with E-state index in [1.54, 1.807) is 17.8 Å². The third-order valence-corrected chi connectivity index (χ3v) is 7.82. The van der Waals surface area contributed by atoms with E-state index in [0.717, 1.165) is 41.5 Å². The number of fused-ring (bicyclic) bond motifs is 3. The summed E-state index contributed by atoms with van der Waals surface area (Å²) in [5.74, 6) is 1.09. The van der Waals surface area contributed by atoms with Gasteiger partial charge in [0, 0.05) is 47.7 Å². The number of amides is 1. The van der Waals surface area contributed by atoms with Crippen LogP contribution in [0.4, 0.5) is 0 Å². The molecule has 0 radical (unpaired) electrons. The molecule has 0 spiro atoms. The van der Waals surface area contributed by atoms with Crippen LogP contribution in [0.3, 0.4) is 0 Å². The van der Waals surface area contributed by atoms with Gasteiger partial charge in [0.05, 0.1) is 19.0 Å². The average molecular weight is 457 g/mol. The summed E-state index contributed by atoms with van der Waals surface area (Å²) in [6.07, 6.45) is 4.32. The lowest BCUT2D eigenvalue weighted by Gasteiger charge is -2.24. The van der Waals surface area contributed by atoms with Crippen molar-refractivity contribution in [2.75, 3.05) is 13.7 Å². The summed E-state index contributed by atoms with van der Waals surface area (Å²) in [5, 5.41) is 9.60. The summed E-state index contributed by atoms with van der Waals surface area (Å²) in [7, 11) is 1.60. The summed E-state index contributed by atoms with van der Waals surface area (Å²) in [6, 6.07) is 11.7. The monoisotopic (exact) mass is 456 g/mol. The quantitative estimate of drug-likeness (QED) is 0.466. The fraction of sp³-hybridized carbons (Fsp3) is 0.423. The zero-order valence-corrected chi connectivity index (χ0v) is 19.7. The predicted octanol–water partition coefficient (Wildman–Crippen LogP) is 3.26. The van der Waals surface area contributed by atoms with Crippen LogP contribution in [-0.2, 0) is 6.54 Å². The molecule has 3 fully saturated rings. The molecule has 3 atom stereocenters. The van der Waals surface area contributed by atoms with Crippen LogP contribution in [0.5, 0.6) is 5.88 Å². The molecule has 8 nitrogen and oxygen atoms in total. The van der Waals surface area contributed by atoms with Gasteiger partial charge in [0.2, 0.25) is 5.88 Å². The van der Waals surface area contributed by atoms with Crippen molar-refractivity contribution in [1.82, 2.24) is 29.4 Å². The first-order chi connectivity index (χ1) is 16.5. The Balaban J connectivity index is 1.36. The van der Waals surface area contributed by atoms with Gasteiger partial charge in [-0.25, -0.2) is 9.50 Å². The van der Waals surface area contributed by atoms with Crippen LogP contribution in [0.15, 0.2) is 36.5 Å². The number of methoxy groups -OCH3 is 1. The Labute approximate surface area is 197 Å². The van der Waals surface area contributed by atoms with Crippen molar-refractivity contribution in [2.45, 2.75) is 51.4 Å². The van der Waals surface area contributed by atoms with Gasteiger partial charge >= 0.3 is 0 Å². The Kier molecular flexibility index (Phi) is 4.16. The predicted molar refractivity (Wildman–Crippen MR) is 129 cm³/mol. The second-order valence-electron chi connectivity index (χ2n) is 10.0. The van der Waals surface area contributed by atoms with Crippen LogP contribution in [0.1, 0.15) is 35.8 Å². The first-order valence-corrected chi connectivity index (χ1v) is 12.1. The maximum absolute atomic E-state index is 13.3. The second-order valence-corrected chi connectivity index (χ2v) is 10.0. The summed E-state index contributed by atoms with van der Waals surface area (Å²) in [6.45, 7) is 5.87. The van der Waals surface area contributed by atoms with Gasteiger partial charge in [0.1, 0.15) is 11.2 Å². The first kappa shape index (κ1) is 20.0. The molecule has 1 amide bonds. The van der Waals surface area contributed by atoms with Gasteiger partial charge in [0.15, 0.2) is 5.69 Å². The molecule has 174 valence electrons. The van der Waals surface area contributed by atoms with Gasteiger partial charge in [-0.05, 0) is 44.7 Å². The molecule has 0 bridgehead atoms. The van der Waals surface area contributed by atoms with Gasteiger partial charge in [0.25, 0.3) is 5.91 Å². The number of benzene rings is 1. The summed E-state index contributed by atoms with van der Waals surface area (Å²) in [5.41, 5.74) is 5.41. The number of nitrogens with zero attached hydrogens (tertiary/aromatic N) is 5. The van der Waals surface area contributed by atoms with Gasteiger partial charge in [-0.2, -0.15) is 5.10 Å². The number of aromatic nitrogens is 4. The highest BCUT2D eigenvalue weighted by Gasteiger charge is 2.52. The third-order valence-electron chi connectivity index (χ3n) is 7.82. The minimum atomic E-state index is -0.0701. The van der Waals surface area contributed by atoms with E-state index in [1.165, 1.54) is 23.7 Å². The van der Waals surface area contributed by atoms with Gasteiger partial charge in [-0.3, -0.25) is 4.79 Å². The van der Waals surface area contributed by atoms with Crippen LogP contribution in [-0.4, -0.2) is 61.8 Å². The van der Waals surface area contributed by atoms with Crippen LogP contribution < -0.4 is 10.1 Å². The number of aryl methyl sites for hydroxylation is 1. The third kappa shape index (κ3) is 2.91. The molecular weight excluding hydrogens is 428 g/mol. The maximum atomic E-state index is 13.3. The summed E-state index contributed by atoms with van der Waals surface area (Å²) < 4.78 is 9.85. The molecule has 3 aromatic heterocycles. The Morgan fingerprint density at radius 3 is 2.82 bits per heavy atom. The number of ether oxygens (including phenoxy) is 1. The van der Waals surface area contributed by atoms with Crippen LogP contribution in [0, 0.1) is 12.8 Å². The van der Waals surface area contributed by atoms with E-state index in [1.807, 2.05) is 4.90 Å². The Morgan fingerprint density at radius 1 is 1.26 bits per heavy atom. The highest BCUT2D eigenvalue weighted by molar-refractivity contribution is 5.94. The van der Waals surface area contributed by atoms with Gasteiger partial charge < -0.3 is 19.5 Å². The van der Waals surface area contributed by atoms with Crippen molar-refractivity contribution < 1.29 is 9.53 Å². The molecule has 2 saturated heterocycles. The van der Waals surface area contributed by atoms with E-state index < -0.39 is 0 Å². The normalized spacial score (nSPS) is 23.6. The zero-order valence-electron chi connectivity index (χ0n) is 19.7. The molecule has 3 aliphatic rings. The van der Waals surface area contributed by atoms with Crippen molar-refractivity contribution in [2.24, 2.45) is 5.92 Å². The Morgan fingerprint density at radius 2 is 2.09 bits per heavy atom. The van der Waals surface area contributed by atoms with E-state index >= 15 is 0 Å². The minimum absolute atomic E-state index is 0.0701. The maximum Gasteiger partial charge on any atom is 0.274 e. The fourth-order valence-electron chi connectivity index (χ4n) is 5.65. The number of likely N-dealkylation sites (tertiary alicyclic amines) is 1. The molecule has 34 heavy (non-hydrogen) atoms. The largest absolute Gasteiger partial charge is 0.479 e. The molecule has 1 aliphatic carbocycles. The number of para-hydroxylation sites is 1. The molecule has 4 aromatic rings. The summed E-state index contributed by atoms with van der Waals surface area (Å²) >= 11 is 0. The molecule has 2 aliphatic heterocycles. The highest BCUT2D eigenvalue weighted by Crippen LogP contribution is 2.38. The number of hydrogen-bond acceptors (Lipinski definition) is 5. The number of carbonyl (C=O) groups excluding carboxylic acids is 1. The van der Waals surface area contributed by atoms with Crippen LogP contribution >= 0.6 is 0 Å². The van der Waals surface area contributed by atoms with Gasteiger partial charge in [-0.15, -0.1) is 0 Å². The molecule has 7 rings (SSSR count). The number of nitrogens with one attached hydrogen (secondary N) is 1. The fourth-order valence-corrected chi connectivity index (χ4v) is 5.65. The topological polar surface area (TPSA) is 86.6 Å². The van der Waals surface area contributed by atoms with E-state index in [0.29, 0.717) is 23.7 Å². The number of rotatable bonds is 5. The lowest BCUT2D eigenvalue weighted by Crippen LogP contribution is -2.40. The van der Waals surface area contributed by atoms with Gasteiger partial charge in [-0.1, -0.05) is 18.2 Å². The Bertz CT molecular complexity index is 1470. The zero-order chi connectivity index (χ0) is 23.1. The first-order valence-electron chi connectivity index (χ1n) is 12.1. The lowest BCUT2D eigenvalue weighted by molar-refractivity contribution is 0.0719. The smallest absolute Gasteiger partial charge is 0.274 e. The molecule has 1 N–H and O–H groups in total. The average Bonchev–Trinajstić information content (AvgIpc) is 3.74. The van der Waals surface area contributed by atoms with E-state index in [2.05, 4.69) is 59.0 Å². The van der Waals surface area contributed by atoms with Crippen molar-refractivity contribution in [1.29, 1.82) is 0 Å². The molecule has 5 heterocycles. The van der Waals surface area contributed by atoms with E-state index in [9.17, 15) is 4.79 Å². The SMILES string of the molecule is COc1nc(C(=O)N2CC3N[C@H]3C2C)cn2nc(-c3cc4ccccc4n3CC3CC3)c(C)c12. The molecule has 2 unspecified atom stereocenters. The minimum Gasteiger partial charge on any atom is -0.479 e. The second kappa shape index (κ2) is 7.06. The lowest BCUT2D eigenvalue weighted by atomic mass is 10.1. The number of piperazine rings is 1. The summed E-state index contributed by atoms with van der Waals surface area (Å²) in [4.78, 5) is 19.9. The van der Waals surface area contributed by atoms with Crippen LogP contribution in [0.25, 0.3) is 27.8 Å². The van der Waals surface area contributed by atoms with Crippen molar-refractivity contribution in [3.05, 3.63) is 47.8 Å². The van der Waals surface area contributed by atoms with Crippen molar-refractivity contribution in [3.63, 3.8) is 0 Å². The molecule has 8 heteroatoms. The molecular formula is C26H28N6O2. The van der Waals surface area contributed by atoms with E-state index in [4.69, 9.17) is 9.84 Å². The Hall–Kier alpha value is -3.39.